The first kappa shape index (κ1) is 27.1. The zero-order valence-electron chi connectivity index (χ0n) is 19.7. The predicted octanol–water partition coefficient (Wildman–Crippen LogP) is 5.62. The summed E-state index contributed by atoms with van der Waals surface area (Å²) < 4.78 is 4.25. The molecule has 1 N–H and O–H groups in total. The first-order valence-electron chi connectivity index (χ1n) is 10.9. The normalized spacial score (nSPS) is 10.5. The molecule has 178 valence electrons. The van der Waals surface area contributed by atoms with E-state index < -0.39 is 17.7 Å². The lowest BCUT2D eigenvalue weighted by atomic mass is 10.0. The number of aliphatic hydroxyl groups is 1. The summed E-state index contributed by atoms with van der Waals surface area (Å²) in [5.74, 6) is -1.20. The lowest BCUT2D eigenvalue weighted by Gasteiger charge is -2.09. The van der Waals surface area contributed by atoms with Crippen molar-refractivity contribution >= 4 is 17.3 Å². The van der Waals surface area contributed by atoms with E-state index in [1.54, 1.807) is 111 Å². The van der Waals surface area contributed by atoms with E-state index in [2.05, 4.69) is 4.74 Å². The van der Waals surface area contributed by atoms with E-state index in [4.69, 9.17) is 0 Å². The van der Waals surface area contributed by atoms with E-state index in [-0.39, 0.29) is 5.78 Å². The van der Waals surface area contributed by atoms with Gasteiger partial charge in [0.1, 0.15) is 6.10 Å². The van der Waals surface area contributed by atoms with E-state index in [1.165, 1.54) is 0 Å². The van der Waals surface area contributed by atoms with Crippen LogP contribution in [0.2, 0.25) is 0 Å². The maximum atomic E-state index is 11.9. The van der Waals surface area contributed by atoms with Crippen molar-refractivity contribution in [2.75, 3.05) is 14.2 Å². The van der Waals surface area contributed by atoms with Crippen LogP contribution in [-0.4, -0.2) is 36.7 Å². The lowest BCUT2D eigenvalue weighted by Crippen LogP contribution is -2.14. The van der Waals surface area contributed by atoms with E-state index >= 15 is 0 Å². The highest BCUT2D eigenvalue weighted by molar-refractivity contribution is 6.49. The molecule has 4 aromatic carbocycles. The Hall–Kier alpha value is -4.19. The number of ketones is 3. The molecule has 1 unspecified atom stereocenters. The summed E-state index contributed by atoms with van der Waals surface area (Å²) in [5, 5.41) is 9.89. The van der Waals surface area contributed by atoms with E-state index in [0.29, 0.717) is 22.3 Å². The standard InChI is InChI=1S/C14H12O2.C14H10O2.C2H6O/c2*15-13(11-7-3-1-4-8-11)14(16)12-9-5-2-6-10-12;1-3-2/h1-10,13,15H;1-10H;1-2H3. The van der Waals surface area contributed by atoms with E-state index in [0.717, 1.165) is 0 Å². The molecule has 0 amide bonds. The van der Waals surface area contributed by atoms with Gasteiger partial charge in [-0.2, -0.15) is 0 Å². The van der Waals surface area contributed by atoms with Gasteiger partial charge in [0.05, 0.1) is 0 Å². The lowest BCUT2D eigenvalue weighted by molar-refractivity contribution is 0.0747. The second-order valence-corrected chi connectivity index (χ2v) is 7.34. The molecule has 0 spiro atoms. The van der Waals surface area contributed by atoms with Crippen molar-refractivity contribution in [3.8, 4) is 0 Å². The minimum absolute atomic E-state index is 0.271. The summed E-state index contributed by atoms with van der Waals surface area (Å²) in [4.78, 5) is 35.5. The number of benzene rings is 4. The van der Waals surface area contributed by atoms with Crippen molar-refractivity contribution in [3.05, 3.63) is 144 Å². The first-order chi connectivity index (χ1) is 17.0. The third kappa shape index (κ3) is 8.59. The smallest absolute Gasteiger partial charge is 0.233 e. The molecular weight excluding hydrogens is 440 g/mol. The molecule has 0 saturated carbocycles. The van der Waals surface area contributed by atoms with Gasteiger partial charge in [0, 0.05) is 30.9 Å². The van der Waals surface area contributed by atoms with Crippen LogP contribution >= 0.6 is 0 Å². The third-order valence-corrected chi connectivity index (χ3v) is 4.70. The Bertz CT molecular complexity index is 1130. The van der Waals surface area contributed by atoms with Crippen LogP contribution < -0.4 is 0 Å². The fourth-order valence-electron chi connectivity index (χ4n) is 2.99. The minimum atomic E-state index is -1.08. The predicted molar refractivity (Wildman–Crippen MR) is 137 cm³/mol. The monoisotopic (exact) mass is 468 g/mol. The number of rotatable bonds is 6. The molecule has 5 heteroatoms. The van der Waals surface area contributed by atoms with Crippen LogP contribution in [-0.2, 0) is 4.74 Å². The molecule has 0 aliphatic rings. The molecular formula is C30H28O5. The van der Waals surface area contributed by atoms with E-state index in [9.17, 15) is 19.5 Å². The fourth-order valence-corrected chi connectivity index (χ4v) is 2.99. The molecule has 0 heterocycles. The van der Waals surface area contributed by atoms with Gasteiger partial charge < -0.3 is 9.84 Å². The average molecular weight is 469 g/mol. The average Bonchev–Trinajstić information content (AvgIpc) is 2.94. The van der Waals surface area contributed by atoms with Crippen LogP contribution in [0.25, 0.3) is 0 Å². The van der Waals surface area contributed by atoms with E-state index in [1.807, 2.05) is 24.3 Å². The van der Waals surface area contributed by atoms with Gasteiger partial charge in [-0.15, -0.1) is 0 Å². The number of hydrogen-bond donors (Lipinski definition) is 1. The maximum absolute atomic E-state index is 11.9. The molecule has 0 aliphatic heterocycles. The van der Waals surface area contributed by atoms with Gasteiger partial charge in [-0.25, -0.2) is 0 Å². The largest absolute Gasteiger partial charge is 0.388 e. The molecule has 0 aliphatic carbocycles. The van der Waals surface area contributed by atoms with Crippen molar-refractivity contribution in [2.45, 2.75) is 6.10 Å². The number of methoxy groups -OCH3 is 1. The highest BCUT2D eigenvalue weighted by atomic mass is 16.4. The van der Waals surface area contributed by atoms with Crippen molar-refractivity contribution in [3.63, 3.8) is 0 Å². The van der Waals surface area contributed by atoms with Crippen molar-refractivity contribution in [1.29, 1.82) is 0 Å². The van der Waals surface area contributed by atoms with Crippen molar-refractivity contribution in [2.24, 2.45) is 0 Å². The van der Waals surface area contributed by atoms with Gasteiger partial charge in [0.25, 0.3) is 0 Å². The quantitative estimate of drug-likeness (QED) is 0.294. The Balaban J connectivity index is 0.000000222. The second-order valence-electron chi connectivity index (χ2n) is 7.34. The Labute approximate surface area is 205 Å². The number of carbonyl (C=O) groups is 3. The molecule has 0 fully saturated rings. The minimum Gasteiger partial charge on any atom is -0.388 e. The summed E-state index contributed by atoms with van der Waals surface area (Å²) in [6.07, 6.45) is -1.08. The molecule has 1 atom stereocenters. The van der Waals surface area contributed by atoms with Crippen LogP contribution in [0.1, 0.15) is 42.7 Å². The number of ether oxygens (including phenoxy) is 1. The van der Waals surface area contributed by atoms with Gasteiger partial charge >= 0.3 is 0 Å². The Morgan fingerprint density at radius 1 is 0.543 bits per heavy atom. The molecule has 5 nitrogen and oxygen atoms in total. The summed E-state index contributed by atoms with van der Waals surface area (Å²) in [6, 6.07) is 34.9. The molecule has 0 radical (unpaired) electrons. The van der Waals surface area contributed by atoms with Crippen molar-refractivity contribution < 1.29 is 24.2 Å². The fraction of sp³-hybridized carbons (Fsp3) is 0.100. The van der Waals surface area contributed by atoms with Gasteiger partial charge in [-0.1, -0.05) is 121 Å². The SMILES string of the molecule is COC.O=C(C(=O)c1ccccc1)c1ccccc1.O=C(c1ccccc1)C(O)c1ccccc1. The maximum Gasteiger partial charge on any atom is 0.233 e. The molecule has 0 bridgehead atoms. The first-order valence-corrected chi connectivity index (χ1v) is 10.9. The number of hydrogen-bond acceptors (Lipinski definition) is 5. The molecule has 4 rings (SSSR count). The number of carbonyl (C=O) groups excluding carboxylic acids is 3. The molecule has 4 aromatic rings. The van der Waals surface area contributed by atoms with Crippen LogP contribution in [0.4, 0.5) is 0 Å². The van der Waals surface area contributed by atoms with Gasteiger partial charge in [-0.3, -0.25) is 14.4 Å². The summed E-state index contributed by atoms with van der Waals surface area (Å²) in [7, 11) is 3.25. The van der Waals surface area contributed by atoms with Crippen LogP contribution in [0.15, 0.2) is 121 Å². The highest BCUT2D eigenvalue weighted by Crippen LogP contribution is 2.17. The van der Waals surface area contributed by atoms with Crippen LogP contribution in [0.5, 0.6) is 0 Å². The van der Waals surface area contributed by atoms with Gasteiger partial charge in [0.2, 0.25) is 11.6 Å². The summed E-state index contributed by atoms with van der Waals surface area (Å²) in [5.41, 5.74) is 2.00. The zero-order valence-corrected chi connectivity index (χ0v) is 19.7. The second kappa shape index (κ2) is 14.9. The van der Waals surface area contributed by atoms with Gasteiger partial charge in [-0.05, 0) is 5.56 Å². The van der Waals surface area contributed by atoms with Crippen LogP contribution in [0.3, 0.4) is 0 Å². The molecule has 0 saturated heterocycles. The molecule has 35 heavy (non-hydrogen) atoms. The number of Topliss-reactive ketones (excluding diaryl/α,β-unsaturated/α-hetero) is 3. The number of aliphatic hydroxyl groups excluding tert-OH is 1. The van der Waals surface area contributed by atoms with Crippen LogP contribution in [0, 0.1) is 0 Å². The third-order valence-electron chi connectivity index (χ3n) is 4.70. The van der Waals surface area contributed by atoms with Gasteiger partial charge in [0.15, 0.2) is 5.78 Å². The Morgan fingerprint density at radius 3 is 1.17 bits per heavy atom. The summed E-state index contributed by atoms with van der Waals surface area (Å²) in [6.45, 7) is 0. The Kier molecular flexibility index (Phi) is 11.5. The summed E-state index contributed by atoms with van der Waals surface area (Å²) >= 11 is 0. The topological polar surface area (TPSA) is 80.7 Å². The van der Waals surface area contributed by atoms with Crippen molar-refractivity contribution in [1.82, 2.24) is 0 Å². The highest BCUT2D eigenvalue weighted by Gasteiger charge is 2.18. The Morgan fingerprint density at radius 2 is 0.829 bits per heavy atom. The zero-order chi connectivity index (χ0) is 25.5. The molecule has 0 aromatic heterocycles.